The molecule has 0 spiro atoms. The van der Waals surface area contributed by atoms with Crippen molar-refractivity contribution in [2.24, 2.45) is 0 Å². The van der Waals surface area contributed by atoms with Crippen LogP contribution in [-0.2, 0) is 19.1 Å². The standard InChI is InChI=1S/C73H116O5/c1-3-5-7-9-11-13-15-17-19-21-23-25-27-29-30-31-32-33-34-35-36-37-38-39-40-41-42-44-46-48-50-52-54-56-58-60-62-64-66-68-73(76)78-71(69-74)70-77-72(75)67-65-63-61-59-57-55-53-51-49-47-45-43-28-26-24-22-20-18-16-14-12-10-8-6-4-2/h5,7,11,13,16-19,22-25,28-30,32-33,35-36,38-39,41-43,46,48,52,54,71,74H,3-4,6,8-10,12,14-15,20-21,26-27,31,34,37,40,44-45,47,49-51,53,55-70H2,1-2H3/b7-5-,13-11-,18-16-,19-17-,24-22-,25-23-,30-29-,33-32-,36-35-,39-38-,42-41-,43-28-,48-46-,54-52-. The lowest BCUT2D eigenvalue weighted by atomic mass is 10.1. The second-order valence-electron chi connectivity index (χ2n) is 20.4. The molecule has 1 unspecified atom stereocenters. The van der Waals surface area contributed by atoms with E-state index in [1.165, 1.54) is 89.9 Å². The van der Waals surface area contributed by atoms with Gasteiger partial charge in [-0.2, -0.15) is 0 Å². The summed E-state index contributed by atoms with van der Waals surface area (Å²) in [6.45, 7) is 3.99. The van der Waals surface area contributed by atoms with E-state index in [2.05, 4.69) is 184 Å². The average Bonchev–Trinajstić information content (AvgIpc) is 3.44. The summed E-state index contributed by atoms with van der Waals surface area (Å²) < 4.78 is 10.7. The molecule has 1 N–H and O–H groups in total. The Morgan fingerprint density at radius 2 is 0.551 bits per heavy atom. The first-order valence-corrected chi connectivity index (χ1v) is 31.7. The highest BCUT2D eigenvalue weighted by Crippen LogP contribution is 2.14. The Balaban J connectivity index is 3.64. The molecule has 0 heterocycles. The monoisotopic (exact) mass is 1070 g/mol. The first-order chi connectivity index (χ1) is 38.6. The molecule has 0 aromatic carbocycles. The summed E-state index contributed by atoms with van der Waals surface area (Å²) in [5, 5.41) is 9.68. The van der Waals surface area contributed by atoms with Gasteiger partial charge in [0, 0.05) is 12.8 Å². The Kier molecular flexibility index (Phi) is 62.5. The summed E-state index contributed by atoms with van der Waals surface area (Å²) in [5.41, 5.74) is 0. The molecule has 438 valence electrons. The largest absolute Gasteiger partial charge is 0.462 e. The number of aliphatic hydroxyl groups is 1. The van der Waals surface area contributed by atoms with Crippen LogP contribution in [0, 0.1) is 0 Å². The van der Waals surface area contributed by atoms with Crippen LogP contribution in [0.4, 0.5) is 0 Å². The number of carbonyl (C=O) groups excluding carboxylic acids is 2. The fourth-order valence-corrected chi connectivity index (χ4v) is 8.27. The number of esters is 2. The number of unbranched alkanes of at least 4 members (excludes halogenated alkanes) is 20. The van der Waals surface area contributed by atoms with Gasteiger partial charge >= 0.3 is 11.9 Å². The Hall–Kier alpha value is -4.74. The van der Waals surface area contributed by atoms with Crippen molar-refractivity contribution in [1.29, 1.82) is 0 Å². The van der Waals surface area contributed by atoms with Crippen molar-refractivity contribution in [3.05, 3.63) is 170 Å². The third-order valence-electron chi connectivity index (χ3n) is 13.0. The van der Waals surface area contributed by atoms with E-state index in [0.717, 1.165) is 141 Å². The van der Waals surface area contributed by atoms with Crippen LogP contribution in [0.2, 0.25) is 0 Å². The van der Waals surface area contributed by atoms with Crippen molar-refractivity contribution in [2.75, 3.05) is 13.2 Å². The first-order valence-electron chi connectivity index (χ1n) is 31.7. The average molecular weight is 1070 g/mol. The maximum atomic E-state index is 12.3. The molecule has 1 atom stereocenters. The molecular weight excluding hydrogens is 957 g/mol. The molecule has 0 fully saturated rings. The lowest BCUT2D eigenvalue weighted by molar-refractivity contribution is -0.161. The van der Waals surface area contributed by atoms with Crippen molar-refractivity contribution in [1.82, 2.24) is 0 Å². The van der Waals surface area contributed by atoms with Gasteiger partial charge in [-0.25, -0.2) is 0 Å². The van der Waals surface area contributed by atoms with E-state index in [0.29, 0.717) is 12.8 Å². The van der Waals surface area contributed by atoms with Crippen LogP contribution >= 0.6 is 0 Å². The Labute approximate surface area is 481 Å². The van der Waals surface area contributed by atoms with Crippen LogP contribution in [0.1, 0.15) is 258 Å². The maximum absolute atomic E-state index is 12.3. The van der Waals surface area contributed by atoms with E-state index in [1.54, 1.807) is 0 Å². The Morgan fingerprint density at radius 3 is 0.833 bits per heavy atom. The maximum Gasteiger partial charge on any atom is 0.306 e. The zero-order valence-electron chi connectivity index (χ0n) is 50.1. The van der Waals surface area contributed by atoms with Gasteiger partial charge in [-0.3, -0.25) is 9.59 Å². The number of aliphatic hydroxyl groups excluding tert-OH is 1. The number of hydrogen-bond acceptors (Lipinski definition) is 5. The summed E-state index contributed by atoms with van der Waals surface area (Å²) in [7, 11) is 0. The summed E-state index contributed by atoms with van der Waals surface area (Å²) in [6, 6.07) is 0. The normalized spacial score (nSPS) is 13.4. The van der Waals surface area contributed by atoms with Crippen LogP contribution < -0.4 is 0 Å². The molecule has 0 radical (unpaired) electrons. The van der Waals surface area contributed by atoms with Crippen LogP contribution in [0.3, 0.4) is 0 Å². The smallest absolute Gasteiger partial charge is 0.306 e. The van der Waals surface area contributed by atoms with Crippen molar-refractivity contribution >= 4 is 11.9 Å². The van der Waals surface area contributed by atoms with E-state index in [-0.39, 0.29) is 25.2 Å². The van der Waals surface area contributed by atoms with E-state index >= 15 is 0 Å². The van der Waals surface area contributed by atoms with Gasteiger partial charge in [-0.15, -0.1) is 0 Å². The van der Waals surface area contributed by atoms with Crippen LogP contribution in [0.5, 0.6) is 0 Å². The highest BCUT2D eigenvalue weighted by atomic mass is 16.6. The number of rotatable bonds is 56. The SMILES string of the molecule is CC/C=C\C/C=C\C/C=C\C/C=C\C/C=C\C/C=C\C/C=C\C/C=C\C/C=C\C/C=C\C/C=C\CCCCCCCC(=O)OC(CO)COC(=O)CCCCCCCCCCCC/C=C\C/C=C\C/C=C\CCCCCCC. The molecule has 0 aliphatic heterocycles. The van der Waals surface area contributed by atoms with Gasteiger partial charge in [0.25, 0.3) is 0 Å². The molecule has 0 rings (SSSR count). The molecule has 0 saturated heterocycles. The molecule has 5 nitrogen and oxygen atoms in total. The molecule has 0 aliphatic carbocycles. The lowest BCUT2D eigenvalue weighted by Gasteiger charge is -2.15. The fraction of sp³-hybridized carbons (Fsp3) is 0.589. The minimum Gasteiger partial charge on any atom is -0.462 e. The van der Waals surface area contributed by atoms with Crippen LogP contribution in [0.25, 0.3) is 0 Å². The predicted molar refractivity (Wildman–Crippen MR) is 343 cm³/mol. The summed E-state index contributed by atoms with van der Waals surface area (Å²) >= 11 is 0. The lowest BCUT2D eigenvalue weighted by Crippen LogP contribution is -2.28. The second kappa shape index (κ2) is 66.5. The van der Waals surface area contributed by atoms with Gasteiger partial charge in [0.05, 0.1) is 6.61 Å². The van der Waals surface area contributed by atoms with E-state index in [1.807, 2.05) is 0 Å². The highest BCUT2D eigenvalue weighted by Gasteiger charge is 2.16. The number of ether oxygens (including phenoxy) is 2. The minimum absolute atomic E-state index is 0.0862. The van der Waals surface area contributed by atoms with Crippen LogP contribution in [-0.4, -0.2) is 36.4 Å². The zero-order valence-corrected chi connectivity index (χ0v) is 50.1. The molecule has 0 saturated carbocycles. The zero-order chi connectivity index (χ0) is 56.2. The van der Waals surface area contributed by atoms with Crippen molar-refractivity contribution in [2.45, 2.75) is 264 Å². The number of carbonyl (C=O) groups is 2. The predicted octanol–water partition coefficient (Wildman–Crippen LogP) is 22.1. The molecule has 5 heteroatoms. The van der Waals surface area contributed by atoms with Crippen molar-refractivity contribution in [3.8, 4) is 0 Å². The molecular formula is C73H116O5. The minimum atomic E-state index is -0.798. The molecule has 0 bridgehead atoms. The van der Waals surface area contributed by atoms with Gasteiger partial charge in [0.1, 0.15) is 6.61 Å². The molecule has 78 heavy (non-hydrogen) atoms. The van der Waals surface area contributed by atoms with E-state index in [4.69, 9.17) is 9.47 Å². The molecule has 0 amide bonds. The van der Waals surface area contributed by atoms with Gasteiger partial charge in [0.2, 0.25) is 0 Å². The number of hydrogen-bond donors (Lipinski definition) is 1. The summed E-state index contributed by atoms with van der Waals surface area (Å²) in [4.78, 5) is 24.6. The van der Waals surface area contributed by atoms with Gasteiger partial charge in [-0.1, -0.05) is 280 Å². The third-order valence-corrected chi connectivity index (χ3v) is 13.0. The Bertz CT molecular complexity index is 1740. The third kappa shape index (κ3) is 63.8. The topological polar surface area (TPSA) is 72.8 Å². The van der Waals surface area contributed by atoms with E-state index < -0.39 is 6.10 Å². The van der Waals surface area contributed by atoms with Crippen LogP contribution in [0.15, 0.2) is 170 Å². The van der Waals surface area contributed by atoms with Gasteiger partial charge in [0.15, 0.2) is 6.10 Å². The summed E-state index contributed by atoms with van der Waals surface area (Å²) in [6.07, 6.45) is 103. The Morgan fingerprint density at radius 1 is 0.308 bits per heavy atom. The number of allylic oxidation sites excluding steroid dienone is 28. The van der Waals surface area contributed by atoms with Gasteiger partial charge < -0.3 is 14.6 Å². The molecule has 0 aliphatic rings. The van der Waals surface area contributed by atoms with Gasteiger partial charge in [-0.05, 0) is 135 Å². The fourth-order valence-electron chi connectivity index (χ4n) is 8.27. The molecule has 0 aromatic heterocycles. The molecule has 0 aromatic rings. The quantitative estimate of drug-likeness (QED) is 0.0373. The highest BCUT2D eigenvalue weighted by molar-refractivity contribution is 5.70. The van der Waals surface area contributed by atoms with Crippen molar-refractivity contribution in [3.63, 3.8) is 0 Å². The van der Waals surface area contributed by atoms with Crippen molar-refractivity contribution < 1.29 is 24.2 Å². The second-order valence-corrected chi connectivity index (χ2v) is 20.4. The first kappa shape index (κ1) is 73.3. The van der Waals surface area contributed by atoms with E-state index in [9.17, 15) is 14.7 Å². The summed E-state index contributed by atoms with van der Waals surface area (Å²) in [5.74, 6) is -0.626.